The Morgan fingerprint density at radius 2 is 1.55 bits per heavy atom. The van der Waals surface area contributed by atoms with E-state index in [9.17, 15) is 14.4 Å². The molecule has 3 aromatic rings. The van der Waals surface area contributed by atoms with Gasteiger partial charge in [0.15, 0.2) is 0 Å². The van der Waals surface area contributed by atoms with Crippen molar-refractivity contribution >= 4 is 28.4 Å². The van der Waals surface area contributed by atoms with Crippen molar-refractivity contribution in [3.63, 3.8) is 0 Å². The lowest BCUT2D eigenvalue weighted by molar-refractivity contribution is -0.133. The number of aromatic nitrogens is 2. The summed E-state index contributed by atoms with van der Waals surface area (Å²) in [6.45, 7) is 8.36. The lowest BCUT2D eigenvalue weighted by Gasteiger charge is -2.34. The van der Waals surface area contributed by atoms with Crippen LogP contribution in [0.5, 0.6) is 0 Å². The Bertz CT molecular complexity index is 1240. The molecule has 8 nitrogen and oxygen atoms in total. The van der Waals surface area contributed by atoms with Gasteiger partial charge in [0.2, 0.25) is 11.8 Å². The van der Waals surface area contributed by atoms with Crippen LogP contribution in [0.3, 0.4) is 0 Å². The number of anilines is 1. The number of amides is 2. The van der Waals surface area contributed by atoms with E-state index >= 15 is 0 Å². The first-order valence-electron chi connectivity index (χ1n) is 11.1. The number of nitrogens with one attached hydrogen (secondary N) is 1. The lowest BCUT2D eigenvalue weighted by Crippen LogP contribution is -2.51. The van der Waals surface area contributed by atoms with Gasteiger partial charge in [0, 0.05) is 31.9 Å². The van der Waals surface area contributed by atoms with Crippen LogP contribution in [-0.2, 0) is 16.1 Å². The Hall–Kier alpha value is -3.52. The molecule has 0 radical (unpaired) electrons. The third kappa shape index (κ3) is 4.96. The fraction of sp³-hybridized carbons (Fsp3) is 0.360. The van der Waals surface area contributed by atoms with Gasteiger partial charge >= 0.3 is 0 Å². The van der Waals surface area contributed by atoms with Crippen LogP contribution in [0.4, 0.5) is 5.69 Å². The molecule has 1 aliphatic rings. The summed E-state index contributed by atoms with van der Waals surface area (Å²) >= 11 is 0. The SMILES string of the molecule is Cc1cccc(C)c1NC(=O)CN1CCN(C(=O)Cn2cnc3c(C)cccc3c2=O)CC1. The third-order valence-electron chi connectivity index (χ3n) is 6.20. The topological polar surface area (TPSA) is 87.5 Å². The molecule has 1 fully saturated rings. The molecule has 1 N–H and O–H groups in total. The van der Waals surface area contributed by atoms with E-state index in [4.69, 9.17) is 0 Å². The Morgan fingerprint density at radius 1 is 0.909 bits per heavy atom. The van der Waals surface area contributed by atoms with Crippen molar-refractivity contribution in [2.45, 2.75) is 27.3 Å². The molecule has 0 bridgehead atoms. The fourth-order valence-electron chi connectivity index (χ4n) is 4.24. The maximum Gasteiger partial charge on any atom is 0.261 e. The molecule has 1 saturated heterocycles. The number of hydrogen-bond donors (Lipinski definition) is 1. The largest absolute Gasteiger partial charge is 0.339 e. The smallest absolute Gasteiger partial charge is 0.261 e. The number of piperazine rings is 1. The molecule has 0 spiro atoms. The van der Waals surface area contributed by atoms with Gasteiger partial charge in [0.1, 0.15) is 6.54 Å². The van der Waals surface area contributed by atoms with Crippen LogP contribution in [0.25, 0.3) is 10.9 Å². The molecule has 33 heavy (non-hydrogen) atoms. The maximum absolute atomic E-state index is 12.8. The minimum Gasteiger partial charge on any atom is -0.339 e. The second-order valence-electron chi connectivity index (χ2n) is 8.62. The average Bonchev–Trinajstić information content (AvgIpc) is 2.79. The van der Waals surface area contributed by atoms with Crippen LogP contribution in [-0.4, -0.2) is 63.9 Å². The Morgan fingerprint density at radius 3 is 2.24 bits per heavy atom. The standard InChI is InChI=1S/C25H29N5O3/c1-17-6-4-7-18(2)23(17)27-21(31)14-28-10-12-29(13-11-28)22(32)15-30-16-26-24-19(3)8-5-9-20(24)25(30)33/h4-9,16H,10-15H2,1-3H3,(H,27,31). The first-order chi connectivity index (χ1) is 15.8. The van der Waals surface area contributed by atoms with Crippen molar-refractivity contribution in [3.8, 4) is 0 Å². The highest BCUT2D eigenvalue weighted by molar-refractivity contribution is 5.93. The predicted molar refractivity (Wildman–Crippen MR) is 128 cm³/mol. The molecular weight excluding hydrogens is 418 g/mol. The normalized spacial score (nSPS) is 14.5. The zero-order valence-corrected chi connectivity index (χ0v) is 19.3. The van der Waals surface area contributed by atoms with Gasteiger partial charge in [-0.25, -0.2) is 4.98 Å². The second kappa shape index (κ2) is 9.54. The molecule has 2 aromatic carbocycles. The first kappa shape index (κ1) is 22.7. The number of carbonyl (C=O) groups excluding carboxylic acids is 2. The second-order valence-corrected chi connectivity index (χ2v) is 8.62. The van der Waals surface area contributed by atoms with Crippen molar-refractivity contribution < 1.29 is 9.59 Å². The van der Waals surface area contributed by atoms with Gasteiger partial charge in [-0.2, -0.15) is 0 Å². The Balaban J connectivity index is 1.32. The fourth-order valence-corrected chi connectivity index (χ4v) is 4.24. The van der Waals surface area contributed by atoms with E-state index in [1.165, 1.54) is 10.9 Å². The van der Waals surface area contributed by atoms with Gasteiger partial charge in [-0.3, -0.25) is 23.9 Å². The number of para-hydroxylation sites is 2. The van der Waals surface area contributed by atoms with Crippen molar-refractivity contribution in [1.29, 1.82) is 0 Å². The van der Waals surface area contributed by atoms with Gasteiger partial charge in [-0.15, -0.1) is 0 Å². The van der Waals surface area contributed by atoms with Crippen molar-refractivity contribution in [3.05, 3.63) is 69.8 Å². The van der Waals surface area contributed by atoms with Crippen molar-refractivity contribution in [1.82, 2.24) is 19.4 Å². The van der Waals surface area contributed by atoms with Gasteiger partial charge in [-0.05, 0) is 43.5 Å². The van der Waals surface area contributed by atoms with E-state index in [-0.39, 0.29) is 30.5 Å². The van der Waals surface area contributed by atoms with E-state index in [2.05, 4.69) is 10.3 Å². The van der Waals surface area contributed by atoms with E-state index in [0.717, 1.165) is 22.4 Å². The van der Waals surface area contributed by atoms with Gasteiger partial charge in [0.25, 0.3) is 5.56 Å². The molecule has 1 aliphatic heterocycles. The van der Waals surface area contributed by atoms with Crippen molar-refractivity contribution in [2.24, 2.45) is 0 Å². The van der Waals surface area contributed by atoms with Gasteiger partial charge < -0.3 is 10.2 Å². The van der Waals surface area contributed by atoms with Crippen LogP contribution < -0.4 is 10.9 Å². The van der Waals surface area contributed by atoms with E-state index < -0.39 is 0 Å². The summed E-state index contributed by atoms with van der Waals surface area (Å²) in [4.78, 5) is 46.3. The van der Waals surface area contributed by atoms with Crippen LogP contribution in [0, 0.1) is 20.8 Å². The average molecular weight is 448 g/mol. The van der Waals surface area contributed by atoms with Crippen LogP contribution in [0.1, 0.15) is 16.7 Å². The van der Waals surface area contributed by atoms with Crippen LogP contribution >= 0.6 is 0 Å². The number of carbonyl (C=O) groups is 2. The summed E-state index contributed by atoms with van der Waals surface area (Å²) in [5.74, 6) is -0.179. The Kier molecular flexibility index (Phi) is 6.55. The molecule has 1 aromatic heterocycles. The summed E-state index contributed by atoms with van der Waals surface area (Å²) in [5, 5.41) is 3.53. The van der Waals surface area contributed by atoms with E-state index in [0.29, 0.717) is 37.1 Å². The summed E-state index contributed by atoms with van der Waals surface area (Å²) in [6, 6.07) is 11.4. The number of aryl methyl sites for hydroxylation is 3. The molecule has 0 aliphatic carbocycles. The number of hydrogen-bond acceptors (Lipinski definition) is 5. The quantitative estimate of drug-likeness (QED) is 0.647. The predicted octanol–water partition coefficient (Wildman–Crippen LogP) is 2.10. The minimum atomic E-state index is -0.209. The van der Waals surface area contributed by atoms with Gasteiger partial charge in [-0.1, -0.05) is 30.3 Å². The number of benzene rings is 2. The Labute approximate surface area is 192 Å². The highest BCUT2D eigenvalue weighted by atomic mass is 16.2. The number of rotatable bonds is 5. The lowest BCUT2D eigenvalue weighted by atomic mass is 10.1. The highest BCUT2D eigenvalue weighted by Crippen LogP contribution is 2.19. The number of nitrogens with zero attached hydrogens (tertiary/aromatic N) is 4. The monoisotopic (exact) mass is 447 g/mol. The van der Waals surface area contributed by atoms with Gasteiger partial charge in [0.05, 0.1) is 23.8 Å². The van der Waals surface area contributed by atoms with Crippen LogP contribution in [0.2, 0.25) is 0 Å². The summed E-state index contributed by atoms with van der Waals surface area (Å²) in [7, 11) is 0. The third-order valence-corrected chi connectivity index (χ3v) is 6.20. The maximum atomic E-state index is 12.8. The van der Waals surface area contributed by atoms with Crippen molar-refractivity contribution in [2.75, 3.05) is 38.0 Å². The molecular formula is C25H29N5O3. The highest BCUT2D eigenvalue weighted by Gasteiger charge is 2.23. The number of fused-ring (bicyclic) bond motifs is 1. The van der Waals surface area contributed by atoms with Crippen LogP contribution in [0.15, 0.2) is 47.5 Å². The molecule has 172 valence electrons. The molecule has 0 unspecified atom stereocenters. The molecule has 8 heteroatoms. The molecule has 4 rings (SSSR count). The summed E-state index contributed by atoms with van der Waals surface area (Å²) in [5.41, 5.74) is 4.32. The van der Waals surface area contributed by atoms with E-state index in [1.807, 2.05) is 56.0 Å². The van der Waals surface area contributed by atoms with E-state index in [1.54, 1.807) is 11.0 Å². The molecule has 0 atom stereocenters. The molecule has 2 amide bonds. The molecule has 0 saturated carbocycles. The zero-order valence-electron chi connectivity index (χ0n) is 19.3. The first-order valence-corrected chi connectivity index (χ1v) is 11.1. The zero-order chi connectivity index (χ0) is 23.5. The summed E-state index contributed by atoms with van der Waals surface area (Å²) < 4.78 is 1.37. The minimum absolute atomic E-state index is 0.0389. The molecule has 2 heterocycles. The summed E-state index contributed by atoms with van der Waals surface area (Å²) in [6.07, 6.45) is 1.45.